The van der Waals surface area contributed by atoms with Crippen molar-refractivity contribution in [3.63, 3.8) is 0 Å². The normalized spacial score (nSPS) is 14.9. The number of halogens is 5. The van der Waals surface area contributed by atoms with Crippen LogP contribution in [0.25, 0.3) is 6.08 Å². The number of hydrogen-bond donors (Lipinski definition) is 0. The summed E-state index contributed by atoms with van der Waals surface area (Å²) in [5.74, 6) is -1.29. The Morgan fingerprint density at radius 3 is 2.32 bits per heavy atom. The minimum atomic E-state index is -4.76. The molecule has 0 aliphatic carbocycles. The van der Waals surface area contributed by atoms with E-state index in [0.717, 1.165) is 22.7 Å². The molecular weight excluding hydrogens is 584 g/mol. The first-order chi connectivity index (χ1) is 17.4. The van der Waals surface area contributed by atoms with Crippen LogP contribution in [0.5, 0.6) is 11.5 Å². The van der Waals surface area contributed by atoms with Crippen molar-refractivity contribution >= 4 is 50.6 Å². The van der Waals surface area contributed by atoms with Gasteiger partial charge in [-0.05, 0) is 81.3 Å². The van der Waals surface area contributed by atoms with Gasteiger partial charge in [0.1, 0.15) is 11.6 Å². The summed E-state index contributed by atoms with van der Waals surface area (Å²) >= 11 is 3.98. The number of carbonyl (C=O) groups excluding carboxylic acids is 2. The average molecular weight is 597 g/mol. The van der Waals surface area contributed by atoms with Crippen molar-refractivity contribution < 1.29 is 36.8 Å². The number of nitro groups is 1. The number of nitrogens with zero attached hydrogens (tertiary/aromatic N) is 2. The van der Waals surface area contributed by atoms with Crippen LogP contribution in [0.3, 0.4) is 0 Å². The molecule has 2 amide bonds. The maximum absolute atomic E-state index is 13.1. The molecule has 0 unspecified atom stereocenters. The minimum absolute atomic E-state index is 0.0231. The first kappa shape index (κ1) is 26.4. The van der Waals surface area contributed by atoms with E-state index < -0.39 is 45.1 Å². The van der Waals surface area contributed by atoms with Crippen LogP contribution in [0.15, 0.2) is 70.0 Å². The van der Waals surface area contributed by atoms with Crippen molar-refractivity contribution in [2.24, 2.45) is 0 Å². The van der Waals surface area contributed by atoms with Gasteiger partial charge in [-0.3, -0.25) is 24.6 Å². The fourth-order valence-electron chi connectivity index (χ4n) is 3.29. The van der Waals surface area contributed by atoms with E-state index in [1.165, 1.54) is 48.5 Å². The van der Waals surface area contributed by atoms with E-state index in [9.17, 15) is 37.3 Å². The van der Waals surface area contributed by atoms with Crippen LogP contribution >= 0.6 is 27.7 Å². The Hall–Kier alpha value is -3.71. The quantitative estimate of drug-likeness (QED) is 0.126. The van der Waals surface area contributed by atoms with Gasteiger partial charge in [0, 0.05) is 6.07 Å². The van der Waals surface area contributed by atoms with Gasteiger partial charge in [-0.15, -0.1) is 0 Å². The molecule has 0 bridgehead atoms. The van der Waals surface area contributed by atoms with Gasteiger partial charge in [0.2, 0.25) is 5.75 Å². The number of ether oxygens (including phenoxy) is 1. The van der Waals surface area contributed by atoms with Crippen LogP contribution in [0, 0.1) is 15.9 Å². The van der Waals surface area contributed by atoms with Crippen LogP contribution in [0.2, 0.25) is 0 Å². The summed E-state index contributed by atoms with van der Waals surface area (Å²) in [5, 5.41) is 10.8. The van der Waals surface area contributed by atoms with Crippen molar-refractivity contribution in [3.8, 4) is 11.5 Å². The molecule has 0 N–H and O–H groups in total. The molecule has 37 heavy (non-hydrogen) atoms. The van der Waals surface area contributed by atoms with Crippen LogP contribution in [0.1, 0.15) is 16.7 Å². The van der Waals surface area contributed by atoms with Crippen molar-refractivity contribution in [2.75, 3.05) is 0 Å². The lowest BCUT2D eigenvalue weighted by Gasteiger charge is -2.12. The Kier molecular flexibility index (Phi) is 7.37. The topological polar surface area (TPSA) is 89.7 Å². The number of carbonyl (C=O) groups is 2. The lowest BCUT2D eigenvalue weighted by atomic mass is 10.1. The van der Waals surface area contributed by atoms with E-state index in [1.54, 1.807) is 0 Å². The predicted molar refractivity (Wildman–Crippen MR) is 130 cm³/mol. The summed E-state index contributed by atoms with van der Waals surface area (Å²) in [6.45, 7) is -0.0231. The maximum atomic E-state index is 13.1. The highest BCUT2D eigenvalue weighted by Crippen LogP contribution is 2.40. The van der Waals surface area contributed by atoms with Crippen LogP contribution in [0.4, 0.5) is 28.0 Å². The molecule has 0 radical (unpaired) electrons. The van der Waals surface area contributed by atoms with E-state index in [2.05, 4.69) is 15.9 Å². The zero-order chi connectivity index (χ0) is 26.9. The molecule has 1 aliphatic rings. The van der Waals surface area contributed by atoms with E-state index in [-0.39, 0.29) is 17.2 Å². The van der Waals surface area contributed by atoms with Gasteiger partial charge in [-0.1, -0.05) is 18.2 Å². The number of nitro benzene ring substituents is 1. The fraction of sp³-hybridized carbons (Fsp3) is 0.0833. The van der Waals surface area contributed by atoms with E-state index in [1.807, 2.05) is 0 Å². The highest BCUT2D eigenvalue weighted by atomic mass is 79.9. The molecule has 13 heteroatoms. The molecule has 0 atom stereocenters. The third-order valence-electron chi connectivity index (χ3n) is 5.08. The molecule has 0 saturated carbocycles. The van der Waals surface area contributed by atoms with Crippen LogP contribution in [-0.2, 0) is 17.5 Å². The second kappa shape index (κ2) is 10.3. The smallest absolute Gasteiger partial charge is 0.416 e. The highest BCUT2D eigenvalue weighted by molar-refractivity contribution is 9.10. The van der Waals surface area contributed by atoms with Gasteiger partial charge in [-0.25, -0.2) is 4.39 Å². The summed E-state index contributed by atoms with van der Waals surface area (Å²) in [6, 6.07) is 11.7. The van der Waals surface area contributed by atoms with Crippen molar-refractivity contribution in [1.29, 1.82) is 0 Å². The zero-order valence-electron chi connectivity index (χ0n) is 18.3. The van der Waals surface area contributed by atoms with Crippen molar-refractivity contribution in [2.45, 2.75) is 12.7 Å². The van der Waals surface area contributed by atoms with Gasteiger partial charge in [-0.2, -0.15) is 13.2 Å². The number of thioether (sulfide) groups is 1. The number of imide groups is 1. The predicted octanol–water partition coefficient (Wildman–Crippen LogP) is 7.54. The summed E-state index contributed by atoms with van der Waals surface area (Å²) in [5.41, 5.74) is -0.991. The lowest BCUT2D eigenvalue weighted by Crippen LogP contribution is -2.27. The average Bonchev–Trinajstić information content (AvgIpc) is 3.08. The molecular formula is C24H13BrF4N2O5S. The molecule has 1 heterocycles. The number of benzene rings is 3. The molecule has 0 aromatic heterocycles. The molecule has 0 spiro atoms. The van der Waals surface area contributed by atoms with Gasteiger partial charge in [0.25, 0.3) is 11.1 Å². The van der Waals surface area contributed by atoms with Gasteiger partial charge in [0.05, 0.1) is 26.4 Å². The molecule has 7 nitrogen and oxygen atoms in total. The molecule has 3 aromatic rings. The third-order valence-corrected chi connectivity index (χ3v) is 6.61. The molecule has 190 valence electrons. The number of hydrogen-bond acceptors (Lipinski definition) is 6. The Morgan fingerprint density at radius 2 is 1.70 bits per heavy atom. The first-order valence-corrected chi connectivity index (χ1v) is 11.9. The Bertz CT molecular complexity index is 1440. The SMILES string of the molecule is O=C1S/C(=C\c2ccc(Oc3ccc(C(F)(F)F)cc3[N+](=O)[O-])c(Br)c2)C(=O)N1Cc1ccc(F)cc1. The Morgan fingerprint density at radius 1 is 1.03 bits per heavy atom. The van der Waals surface area contributed by atoms with Gasteiger partial charge >= 0.3 is 11.9 Å². The summed E-state index contributed by atoms with van der Waals surface area (Å²) in [4.78, 5) is 36.6. The molecule has 1 saturated heterocycles. The van der Waals surface area contributed by atoms with Crippen LogP contribution < -0.4 is 4.74 Å². The molecule has 3 aromatic carbocycles. The summed E-state index contributed by atoms with van der Waals surface area (Å²) in [7, 11) is 0. The zero-order valence-corrected chi connectivity index (χ0v) is 20.7. The van der Waals surface area contributed by atoms with Gasteiger partial charge in [0.15, 0.2) is 0 Å². The number of rotatable bonds is 6. The minimum Gasteiger partial charge on any atom is -0.449 e. The van der Waals surface area contributed by atoms with Gasteiger partial charge < -0.3 is 4.74 Å². The standard InChI is InChI=1S/C24H13BrF4N2O5S/c25-17-9-14(10-21-22(32)30(23(33)37-21)12-13-1-5-16(26)6-2-13)3-7-19(17)36-20-8-4-15(24(27,28)29)11-18(20)31(34)35/h1-11H,12H2/b21-10-. The van der Waals surface area contributed by atoms with Crippen molar-refractivity contribution in [1.82, 2.24) is 4.90 Å². The van der Waals surface area contributed by atoms with Crippen LogP contribution in [-0.4, -0.2) is 21.0 Å². The summed E-state index contributed by atoms with van der Waals surface area (Å²) < 4.78 is 57.7. The maximum Gasteiger partial charge on any atom is 0.416 e. The molecule has 4 rings (SSSR count). The Balaban J connectivity index is 1.53. The first-order valence-electron chi connectivity index (χ1n) is 10.3. The highest BCUT2D eigenvalue weighted by Gasteiger charge is 2.35. The number of amides is 2. The second-order valence-corrected chi connectivity index (χ2v) is 9.47. The third kappa shape index (κ3) is 6.00. The van der Waals surface area contributed by atoms with E-state index in [0.29, 0.717) is 27.7 Å². The largest absolute Gasteiger partial charge is 0.449 e. The van der Waals surface area contributed by atoms with E-state index >= 15 is 0 Å². The lowest BCUT2D eigenvalue weighted by molar-refractivity contribution is -0.385. The fourth-order valence-corrected chi connectivity index (χ4v) is 4.61. The number of alkyl halides is 3. The summed E-state index contributed by atoms with van der Waals surface area (Å²) in [6.07, 6.45) is -3.30. The van der Waals surface area contributed by atoms with Crippen molar-refractivity contribution in [3.05, 3.63) is 103 Å². The Labute approximate surface area is 219 Å². The molecule has 1 fully saturated rings. The monoisotopic (exact) mass is 596 g/mol. The van der Waals surface area contributed by atoms with E-state index in [4.69, 9.17) is 4.74 Å². The second-order valence-electron chi connectivity index (χ2n) is 7.62. The molecule has 1 aliphatic heterocycles.